The molecule has 0 saturated carbocycles. The van der Waals surface area contributed by atoms with Crippen molar-refractivity contribution in [3.63, 3.8) is 0 Å². The molecule has 2 aromatic rings. The summed E-state index contributed by atoms with van der Waals surface area (Å²) in [5.41, 5.74) is 1.71. The number of para-hydroxylation sites is 1. The maximum absolute atomic E-state index is 9.50. The molecule has 20 heavy (non-hydrogen) atoms. The molecule has 0 amide bonds. The van der Waals surface area contributed by atoms with E-state index in [1.807, 2.05) is 24.3 Å². The van der Waals surface area contributed by atoms with Gasteiger partial charge in [-0.25, -0.2) is 0 Å². The van der Waals surface area contributed by atoms with E-state index in [0.717, 1.165) is 16.9 Å². The van der Waals surface area contributed by atoms with Crippen LogP contribution in [0.15, 0.2) is 42.5 Å². The van der Waals surface area contributed by atoms with Crippen LogP contribution in [0.1, 0.15) is 24.2 Å². The van der Waals surface area contributed by atoms with Crippen LogP contribution in [0.4, 0.5) is 0 Å². The van der Waals surface area contributed by atoms with Gasteiger partial charge in [0, 0.05) is 5.56 Å². The van der Waals surface area contributed by atoms with Crippen LogP contribution < -0.4 is 9.47 Å². The molecular formula is C16H17ClO3. The molecule has 1 atom stereocenters. The third-order valence-electron chi connectivity index (χ3n) is 3.01. The van der Waals surface area contributed by atoms with E-state index in [9.17, 15) is 5.11 Å². The molecule has 2 rings (SSSR count). The van der Waals surface area contributed by atoms with Crippen molar-refractivity contribution >= 4 is 11.6 Å². The van der Waals surface area contributed by atoms with Crippen LogP contribution in [-0.2, 0) is 6.61 Å². The fraction of sp³-hybridized carbons (Fsp3) is 0.250. The lowest BCUT2D eigenvalue weighted by Gasteiger charge is -2.12. The van der Waals surface area contributed by atoms with E-state index in [0.29, 0.717) is 17.4 Å². The van der Waals surface area contributed by atoms with Crippen molar-refractivity contribution in [2.45, 2.75) is 19.6 Å². The smallest absolute Gasteiger partial charge is 0.138 e. The molecule has 0 radical (unpaired) electrons. The monoisotopic (exact) mass is 292 g/mol. The molecule has 0 unspecified atom stereocenters. The van der Waals surface area contributed by atoms with E-state index >= 15 is 0 Å². The Balaban J connectivity index is 2.11. The summed E-state index contributed by atoms with van der Waals surface area (Å²) < 4.78 is 11.0. The molecular weight excluding hydrogens is 276 g/mol. The number of hydrogen-bond donors (Lipinski definition) is 1. The van der Waals surface area contributed by atoms with Gasteiger partial charge in [-0.15, -0.1) is 0 Å². The Kier molecular flexibility index (Phi) is 4.88. The van der Waals surface area contributed by atoms with Crippen LogP contribution in [0.3, 0.4) is 0 Å². The zero-order valence-electron chi connectivity index (χ0n) is 11.5. The lowest BCUT2D eigenvalue weighted by Crippen LogP contribution is -1.99. The molecule has 0 saturated heterocycles. The van der Waals surface area contributed by atoms with Crippen LogP contribution in [0.25, 0.3) is 0 Å². The SMILES string of the molecule is COc1ccccc1COc1ccc([C@H](C)O)cc1Cl. The Bertz CT molecular complexity index is 582. The predicted molar refractivity (Wildman–Crippen MR) is 79.4 cm³/mol. The molecule has 0 aromatic heterocycles. The molecule has 0 heterocycles. The summed E-state index contributed by atoms with van der Waals surface area (Å²) in [7, 11) is 1.63. The normalized spacial score (nSPS) is 12.0. The minimum atomic E-state index is -0.546. The first kappa shape index (κ1) is 14.7. The van der Waals surface area contributed by atoms with E-state index in [-0.39, 0.29) is 0 Å². The number of ether oxygens (including phenoxy) is 2. The van der Waals surface area contributed by atoms with Gasteiger partial charge >= 0.3 is 0 Å². The van der Waals surface area contributed by atoms with Gasteiger partial charge in [0.1, 0.15) is 18.1 Å². The quantitative estimate of drug-likeness (QED) is 0.906. The summed E-state index contributed by atoms with van der Waals surface area (Å²) in [6.45, 7) is 2.07. The van der Waals surface area contributed by atoms with Crippen molar-refractivity contribution in [1.82, 2.24) is 0 Å². The fourth-order valence-electron chi connectivity index (χ4n) is 1.87. The van der Waals surface area contributed by atoms with E-state index in [2.05, 4.69) is 0 Å². The number of aliphatic hydroxyl groups excluding tert-OH is 1. The van der Waals surface area contributed by atoms with Gasteiger partial charge in [-0.3, -0.25) is 0 Å². The van der Waals surface area contributed by atoms with Gasteiger partial charge in [0.2, 0.25) is 0 Å². The highest BCUT2D eigenvalue weighted by Crippen LogP contribution is 2.29. The molecule has 4 heteroatoms. The van der Waals surface area contributed by atoms with Crippen LogP contribution in [0.5, 0.6) is 11.5 Å². The van der Waals surface area contributed by atoms with Gasteiger partial charge in [-0.1, -0.05) is 35.9 Å². The van der Waals surface area contributed by atoms with Gasteiger partial charge in [-0.2, -0.15) is 0 Å². The third-order valence-corrected chi connectivity index (χ3v) is 3.31. The summed E-state index contributed by atoms with van der Waals surface area (Å²) in [5.74, 6) is 1.37. The second-order valence-corrected chi connectivity index (χ2v) is 4.87. The molecule has 1 N–H and O–H groups in total. The van der Waals surface area contributed by atoms with Gasteiger partial charge in [0.25, 0.3) is 0 Å². The summed E-state index contributed by atoms with van der Waals surface area (Å²) in [6.07, 6.45) is -0.546. The summed E-state index contributed by atoms with van der Waals surface area (Å²) in [5, 5.41) is 9.98. The molecule has 0 aliphatic heterocycles. The topological polar surface area (TPSA) is 38.7 Å². The predicted octanol–water partition coefficient (Wildman–Crippen LogP) is 3.98. The van der Waals surface area contributed by atoms with Crippen molar-refractivity contribution < 1.29 is 14.6 Å². The first-order valence-electron chi connectivity index (χ1n) is 6.34. The molecule has 0 bridgehead atoms. The van der Waals surface area contributed by atoms with Crippen LogP contribution >= 0.6 is 11.6 Å². The number of halogens is 1. The largest absolute Gasteiger partial charge is 0.496 e. The van der Waals surface area contributed by atoms with Crippen molar-refractivity contribution in [2.75, 3.05) is 7.11 Å². The zero-order valence-corrected chi connectivity index (χ0v) is 12.2. The summed E-state index contributed by atoms with van der Waals surface area (Å²) >= 11 is 6.15. The van der Waals surface area contributed by atoms with Crippen molar-refractivity contribution in [2.24, 2.45) is 0 Å². The Hall–Kier alpha value is -1.71. The van der Waals surface area contributed by atoms with Crippen molar-refractivity contribution in [1.29, 1.82) is 0 Å². The first-order valence-corrected chi connectivity index (χ1v) is 6.72. The lowest BCUT2D eigenvalue weighted by atomic mass is 10.1. The molecule has 3 nitrogen and oxygen atoms in total. The highest BCUT2D eigenvalue weighted by Gasteiger charge is 2.08. The molecule has 0 spiro atoms. The molecule has 2 aromatic carbocycles. The average Bonchev–Trinajstić information content (AvgIpc) is 2.46. The van der Waals surface area contributed by atoms with Crippen LogP contribution in [-0.4, -0.2) is 12.2 Å². The minimum absolute atomic E-state index is 0.373. The van der Waals surface area contributed by atoms with Gasteiger partial charge < -0.3 is 14.6 Å². The van der Waals surface area contributed by atoms with Crippen molar-refractivity contribution in [3.8, 4) is 11.5 Å². The van der Waals surface area contributed by atoms with Gasteiger partial charge in [-0.05, 0) is 30.7 Å². The average molecular weight is 293 g/mol. The molecule has 0 aliphatic carbocycles. The Morgan fingerprint density at radius 2 is 1.90 bits per heavy atom. The third kappa shape index (κ3) is 3.44. The first-order chi connectivity index (χ1) is 9.61. The van der Waals surface area contributed by atoms with Gasteiger partial charge in [0.15, 0.2) is 0 Å². The van der Waals surface area contributed by atoms with Gasteiger partial charge in [0.05, 0.1) is 18.2 Å². The van der Waals surface area contributed by atoms with Crippen molar-refractivity contribution in [3.05, 3.63) is 58.6 Å². The maximum atomic E-state index is 9.50. The second-order valence-electron chi connectivity index (χ2n) is 4.47. The number of aliphatic hydroxyl groups is 1. The fourth-order valence-corrected chi connectivity index (χ4v) is 2.12. The number of benzene rings is 2. The van der Waals surface area contributed by atoms with E-state index in [1.54, 1.807) is 32.2 Å². The lowest BCUT2D eigenvalue weighted by molar-refractivity contribution is 0.199. The Morgan fingerprint density at radius 3 is 2.55 bits per heavy atom. The summed E-state index contributed by atoms with van der Waals surface area (Å²) in [4.78, 5) is 0. The maximum Gasteiger partial charge on any atom is 0.138 e. The Morgan fingerprint density at radius 1 is 1.15 bits per heavy atom. The molecule has 0 fully saturated rings. The second kappa shape index (κ2) is 6.64. The number of hydrogen-bond acceptors (Lipinski definition) is 3. The number of rotatable bonds is 5. The summed E-state index contributed by atoms with van der Waals surface area (Å²) in [6, 6.07) is 12.9. The van der Waals surface area contributed by atoms with E-state index in [4.69, 9.17) is 21.1 Å². The zero-order chi connectivity index (χ0) is 14.5. The number of methoxy groups -OCH3 is 1. The molecule has 0 aliphatic rings. The van der Waals surface area contributed by atoms with Crippen LogP contribution in [0, 0.1) is 0 Å². The van der Waals surface area contributed by atoms with E-state index in [1.165, 1.54) is 0 Å². The molecule has 106 valence electrons. The Labute approximate surface area is 123 Å². The highest BCUT2D eigenvalue weighted by atomic mass is 35.5. The van der Waals surface area contributed by atoms with E-state index < -0.39 is 6.10 Å². The van der Waals surface area contributed by atoms with Crippen LogP contribution in [0.2, 0.25) is 5.02 Å². The minimum Gasteiger partial charge on any atom is -0.496 e. The highest BCUT2D eigenvalue weighted by molar-refractivity contribution is 6.32. The standard InChI is InChI=1S/C16H17ClO3/c1-11(18)12-7-8-16(14(17)9-12)20-10-13-5-3-4-6-15(13)19-2/h3-9,11,18H,10H2,1-2H3/t11-/m0/s1.